The Balaban J connectivity index is 2.49. The van der Waals surface area contributed by atoms with Crippen molar-refractivity contribution in [2.24, 2.45) is 0 Å². The van der Waals surface area contributed by atoms with Gasteiger partial charge in [0, 0.05) is 11.3 Å². The van der Waals surface area contributed by atoms with Gasteiger partial charge in [0.05, 0.1) is 25.4 Å². The van der Waals surface area contributed by atoms with E-state index in [1.807, 2.05) is 13.8 Å². The number of ether oxygens (including phenoxy) is 2. The zero-order valence-electron chi connectivity index (χ0n) is 10.3. The first-order chi connectivity index (χ1) is 8.02. The van der Waals surface area contributed by atoms with Crippen LogP contribution in [0.2, 0.25) is 0 Å². The van der Waals surface area contributed by atoms with E-state index in [1.165, 1.54) is 25.4 Å². The summed E-state index contributed by atoms with van der Waals surface area (Å²) in [5.74, 6) is -0.811. The second-order valence-corrected chi connectivity index (χ2v) is 5.70. The lowest BCUT2D eigenvalue weighted by molar-refractivity contribution is -0.139. The molecular weight excluding hydrogens is 239 g/mol. The fraction of sp³-hybridized carbons (Fsp3) is 0.500. The number of carbonyl (C=O) groups excluding carboxylic acids is 2. The molecule has 4 nitrogen and oxygen atoms in total. The first kappa shape index (κ1) is 12.3. The number of rotatable bonds is 2. The molecule has 0 aromatic rings. The van der Waals surface area contributed by atoms with Crippen molar-refractivity contribution in [2.75, 3.05) is 14.2 Å². The molecule has 0 aromatic carbocycles. The maximum absolute atomic E-state index is 11.8. The molecule has 0 amide bonds. The molecule has 2 aliphatic heterocycles. The number of hydrogen-bond acceptors (Lipinski definition) is 4. The summed E-state index contributed by atoms with van der Waals surface area (Å²) in [6, 6.07) is 0. The molecule has 0 aliphatic carbocycles. The lowest BCUT2D eigenvalue weighted by atomic mass is 9.87. The SMILES string of the molecule is COC(=O)C1=C(C(=O)OC)C2PC1C(C)=C2C. The predicted molar refractivity (Wildman–Crippen MR) is 65.3 cm³/mol. The zero-order chi connectivity index (χ0) is 12.7. The van der Waals surface area contributed by atoms with E-state index in [1.54, 1.807) is 0 Å². The predicted octanol–water partition coefficient (Wildman–Crippen LogP) is 1.41. The van der Waals surface area contributed by atoms with Gasteiger partial charge in [-0.05, 0) is 13.8 Å². The quantitative estimate of drug-likeness (QED) is 0.424. The van der Waals surface area contributed by atoms with Gasteiger partial charge in [0.2, 0.25) is 0 Å². The van der Waals surface area contributed by atoms with E-state index in [4.69, 9.17) is 9.47 Å². The minimum atomic E-state index is -0.405. The molecule has 2 aliphatic rings. The molecule has 0 saturated carbocycles. The monoisotopic (exact) mass is 254 g/mol. The first-order valence-electron chi connectivity index (χ1n) is 5.37. The molecular formula is C12H15O4P. The van der Waals surface area contributed by atoms with Gasteiger partial charge in [0.15, 0.2) is 0 Å². The normalized spacial score (nSPS) is 28.0. The third-order valence-electron chi connectivity index (χ3n) is 3.50. The Morgan fingerprint density at radius 2 is 1.29 bits per heavy atom. The van der Waals surface area contributed by atoms with Crippen LogP contribution in [-0.4, -0.2) is 37.5 Å². The Morgan fingerprint density at radius 1 is 0.941 bits per heavy atom. The lowest BCUT2D eigenvalue weighted by Gasteiger charge is -2.18. The van der Waals surface area contributed by atoms with Crippen LogP contribution in [0.5, 0.6) is 0 Å². The summed E-state index contributed by atoms with van der Waals surface area (Å²) in [5, 5.41) is 0. The van der Waals surface area contributed by atoms with E-state index in [0.717, 1.165) is 0 Å². The van der Waals surface area contributed by atoms with Crippen LogP contribution in [0.15, 0.2) is 22.3 Å². The Hall–Kier alpha value is -1.15. The van der Waals surface area contributed by atoms with E-state index in [-0.39, 0.29) is 11.3 Å². The second kappa shape index (κ2) is 4.26. The number of hydrogen-bond donors (Lipinski definition) is 0. The Labute approximate surface area is 102 Å². The molecule has 2 heterocycles. The molecule has 2 unspecified atom stereocenters. The molecule has 0 saturated heterocycles. The van der Waals surface area contributed by atoms with E-state index in [2.05, 4.69) is 0 Å². The van der Waals surface area contributed by atoms with Crippen LogP contribution in [0.3, 0.4) is 0 Å². The van der Waals surface area contributed by atoms with Gasteiger partial charge in [0.25, 0.3) is 0 Å². The van der Waals surface area contributed by atoms with Gasteiger partial charge in [0.1, 0.15) is 0 Å². The van der Waals surface area contributed by atoms with Crippen molar-refractivity contribution >= 4 is 20.5 Å². The first-order valence-corrected chi connectivity index (χ1v) is 6.52. The van der Waals surface area contributed by atoms with E-state index < -0.39 is 11.9 Å². The molecule has 5 heteroatoms. The largest absolute Gasteiger partial charge is 0.466 e. The van der Waals surface area contributed by atoms with Crippen molar-refractivity contribution in [3.8, 4) is 0 Å². The summed E-state index contributed by atoms with van der Waals surface area (Å²) in [5.41, 5.74) is 3.52. The number of fused-ring (bicyclic) bond motifs is 2. The van der Waals surface area contributed by atoms with Crippen LogP contribution in [0.25, 0.3) is 0 Å². The van der Waals surface area contributed by atoms with Crippen molar-refractivity contribution in [1.82, 2.24) is 0 Å². The van der Waals surface area contributed by atoms with Gasteiger partial charge in [-0.15, -0.1) is 0 Å². The van der Waals surface area contributed by atoms with Crippen LogP contribution in [-0.2, 0) is 19.1 Å². The smallest absolute Gasteiger partial charge is 0.335 e. The fourth-order valence-electron chi connectivity index (χ4n) is 2.46. The summed E-state index contributed by atoms with van der Waals surface area (Å²) >= 11 is 0. The van der Waals surface area contributed by atoms with Gasteiger partial charge in [-0.25, -0.2) is 9.59 Å². The summed E-state index contributed by atoms with van der Waals surface area (Å²) in [7, 11) is 3.21. The molecule has 17 heavy (non-hydrogen) atoms. The van der Waals surface area contributed by atoms with Crippen molar-refractivity contribution in [1.29, 1.82) is 0 Å². The minimum absolute atomic E-state index is 0.0570. The molecule has 2 bridgehead atoms. The molecule has 2 atom stereocenters. The van der Waals surface area contributed by atoms with Crippen LogP contribution >= 0.6 is 8.58 Å². The van der Waals surface area contributed by atoms with E-state index >= 15 is 0 Å². The van der Waals surface area contributed by atoms with Crippen LogP contribution < -0.4 is 0 Å². The maximum Gasteiger partial charge on any atom is 0.335 e. The van der Waals surface area contributed by atoms with Gasteiger partial charge < -0.3 is 9.47 Å². The average Bonchev–Trinajstić information content (AvgIpc) is 2.85. The Kier molecular flexibility index (Phi) is 3.09. The number of esters is 2. The summed E-state index contributed by atoms with van der Waals surface area (Å²) in [4.78, 5) is 23.6. The highest BCUT2D eigenvalue weighted by atomic mass is 31.1. The topological polar surface area (TPSA) is 52.6 Å². The van der Waals surface area contributed by atoms with Gasteiger partial charge in [-0.2, -0.15) is 0 Å². The van der Waals surface area contributed by atoms with Crippen LogP contribution in [0.1, 0.15) is 13.8 Å². The molecule has 92 valence electrons. The number of allylic oxidation sites excluding steroid dienone is 2. The number of methoxy groups -OCH3 is 2. The highest BCUT2D eigenvalue weighted by Gasteiger charge is 2.47. The van der Waals surface area contributed by atoms with E-state index in [0.29, 0.717) is 19.7 Å². The maximum atomic E-state index is 11.8. The lowest BCUT2D eigenvalue weighted by Crippen LogP contribution is -2.24. The third-order valence-corrected chi connectivity index (χ3v) is 5.61. The fourth-order valence-corrected chi connectivity index (χ4v) is 4.63. The third kappa shape index (κ3) is 1.62. The Bertz CT molecular complexity index is 421. The van der Waals surface area contributed by atoms with Gasteiger partial charge >= 0.3 is 11.9 Å². The second-order valence-electron chi connectivity index (χ2n) is 4.21. The van der Waals surface area contributed by atoms with Crippen LogP contribution in [0, 0.1) is 0 Å². The highest BCUT2D eigenvalue weighted by molar-refractivity contribution is 7.42. The summed E-state index contributed by atoms with van der Waals surface area (Å²) in [6.07, 6.45) is 0. The molecule has 0 radical (unpaired) electrons. The van der Waals surface area contributed by atoms with E-state index in [9.17, 15) is 9.59 Å². The molecule has 0 fully saturated rings. The average molecular weight is 254 g/mol. The van der Waals surface area contributed by atoms with Crippen molar-refractivity contribution < 1.29 is 19.1 Å². The van der Waals surface area contributed by atoms with Crippen molar-refractivity contribution in [2.45, 2.75) is 25.2 Å². The number of carbonyl (C=O) groups is 2. The van der Waals surface area contributed by atoms with Gasteiger partial charge in [-0.1, -0.05) is 19.7 Å². The highest BCUT2D eigenvalue weighted by Crippen LogP contribution is 2.57. The van der Waals surface area contributed by atoms with Crippen molar-refractivity contribution in [3.05, 3.63) is 22.3 Å². The molecule has 0 spiro atoms. The van der Waals surface area contributed by atoms with Crippen LogP contribution in [0.4, 0.5) is 0 Å². The molecule has 2 rings (SSSR count). The molecule has 0 aromatic heterocycles. The molecule has 0 N–H and O–H groups in total. The van der Waals surface area contributed by atoms with Gasteiger partial charge in [-0.3, -0.25) is 0 Å². The summed E-state index contributed by atoms with van der Waals surface area (Å²) < 4.78 is 9.55. The summed E-state index contributed by atoms with van der Waals surface area (Å²) in [6.45, 7) is 4.04. The standard InChI is InChI=1S/C12H15O4P/c1-5-6(2)10-8(12(14)16-4)7(9(5)17-10)11(13)15-3/h9-10,17H,1-4H3. The van der Waals surface area contributed by atoms with Crippen molar-refractivity contribution in [3.63, 3.8) is 0 Å². The Morgan fingerprint density at radius 3 is 1.59 bits per heavy atom. The minimum Gasteiger partial charge on any atom is -0.466 e. The zero-order valence-corrected chi connectivity index (χ0v) is 11.3.